The van der Waals surface area contributed by atoms with Crippen LogP contribution in [0, 0.1) is 0 Å². The second kappa shape index (κ2) is 9.43. The van der Waals surface area contributed by atoms with Gasteiger partial charge in [0.2, 0.25) is 11.9 Å². The third-order valence-corrected chi connectivity index (χ3v) is 5.57. The summed E-state index contributed by atoms with van der Waals surface area (Å²) in [7, 11) is 2.11. The van der Waals surface area contributed by atoms with Crippen molar-refractivity contribution in [3.8, 4) is 23.0 Å². The number of nitrogens with one attached hydrogen (secondary N) is 2. The highest BCUT2D eigenvalue weighted by Crippen LogP contribution is 2.25. The highest BCUT2D eigenvalue weighted by molar-refractivity contribution is 6.30. The van der Waals surface area contributed by atoms with Gasteiger partial charge in [-0.15, -0.1) is 0 Å². The van der Waals surface area contributed by atoms with Crippen LogP contribution in [0.2, 0.25) is 5.02 Å². The van der Waals surface area contributed by atoms with Crippen LogP contribution in [0.3, 0.4) is 0 Å². The van der Waals surface area contributed by atoms with Crippen molar-refractivity contribution in [2.75, 3.05) is 43.4 Å². The van der Waals surface area contributed by atoms with Gasteiger partial charge in [-0.25, -0.2) is 0 Å². The SMILES string of the molecule is CN1CCN(c2nc(Nc3cc(-c4ccc(Cl)cc4)[nH]n3)nc(Oc3ccccc3)n2)CC1. The Morgan fingerprint density at radius 2 is 1.70 bits per heavy atom. The molecule has 2 N–H and O–H groups in total. The number of ether oxygens (including phenoxy) is 1. The van der Waals surface area contributed by atoms with Crippen LogP contribution < -0.4 is 15.0 Å². The number of aromatic amines is 1. The van der Waals surface area contributed by atoms with Crippen LogP contribution in [0.15, 0.2) is 60.7 Å². The molecule has 3 heterocycles. The maximum absolute atomic E-state index is 5.99. The molecule has 33 heavy (non-hydrogen) atoms. The second-order valence-electron chi connectivity index (χ2n) is 7.75. The molecule has 168 valence electrons. The maximum Gasteiger partial charge on any atom is 0.328 e. The van der Waals surface area contributed by atoms with Crippen molar-refractivity contribution >= 4 is 29.3 Å². The molecule has 2 aromatic carbocycles. The van der Waals surface area contributed by atoms with Crippen LogP contribution in [0.1, 0.15) is 0 Å². The molecule has 0 saturated carbocycles. The summed E-state index contributed by atoms with van der Waals surface area (Å²) in [5, 5.41) is 11.2. The first-order valence-electron chi connectivity index (χ1n) is 10.6. The molecule has 1 aliphatic heterocycles. The van der Waals surface area contributed by atoms with Gasteiger partial charge in [-0.1, -0.05) is 41.9 Å². The van der Waals surface area contributed by atoms with Gasteiger partial charge in [-0.2, -0.15) is 20.1 Å². The number of rotatable bonds is 6. The van der Waals surface area contributed by atoms with Crippen LogP contribution in [0.4, 0.5) is 17.7 Å². The van der Waals surface area contributed by atoms with E-state index in [0.717, 1.165) is 37.4 Å². The number of hydrogen-bond acceptors (Lipinski definition) is 8. The average Bonchev–Trinajstić information content (AvgIpc) is 3.29. The van der Waals surface area contributed by atoms with Gasteiger partial charge in [-0.05, 0) is 36.9 Å². The first-order valence-corrected chi connectivity index (χ1v) is 11.0. The number of hydrogen-bond donors (Lipinski definition) is 2. The number of para-hydroxylation sites is 1. The van der Waals surface area contributed by atoms with E-state index in [9.17, 15) is 0 Å². The van der Waals surface area contributed by atoms with E-state index in [1.54, 1.807) is 0 Å². The molecule has 0 spiro atoms. The van der Waals surface area contributed by atoms with Crippen molar-refractivity contribution in [1.82, 2.24) is 30.0 Å². The highest BCUT2D eigenvalue weighted by atomic mass is 35.5. The Balaban J connectivity index is 1.41. The van der Waals surface area contributed by atoms with Gasteiger partial charge in [0, 0.05) is 37.3 Å². The van der Waals surface area contributed by atoms with Gasteiger partial charge in [0.1, 0.15) is 5.75 Å². The summed E-state index contributed by atoms with van der Waals surface area (Å²) >= 11 is 5.99. The molecule has 1 saturated heterocycles. The average molecular weight is 463 g/mol. The Hall–Kier alpha value is -3.69. The van der Waals surface area contributed by atoms with E-state index in [1.807, 2.05) is 60.7 Å². The van der Waals surface area contributed by atoms with Crippen LogP contribution in [-0.2, 0) is 0 Å². The van der Waals surface area contributed by atoms with E-state index >= 15 is 0 Å². The molecule has 0 aliphatic carbocycles. The normalized spacial score (nSPS) is 14.3. The minimum Gasteiger partial charge on any atom is -0.424 e. The first-order chi connectivity index (χ1) is 16.1. The fourth-order valence-electron chi connectivity index (χ4n) is 3.47. The fourth-order valence-corrected chi connectivity index (χ4v) is 3.59. The van der Waals surface area contributed by atoms with Gasteiger partial charge in [0.25, 0.3) is 0 Å². The summed E-state index contributed by atoms with van der Waals surface area (Å²) in [6, 6.07) is 19.1. The van der Waals surface area contributed by atoms with Gasteiger partial charge < -0.3 is 19.9 Å². The Kier molecular flexibility index (Phi) is 6.05. The molecule has 0 atom stereocenters. The molecule has 10 heteroatoms. The first kappa shape index (κ1) is 21.2. The number of benzene rings is 2. The second-order valence-corrected chi connectivity index (χ2v) is 8.18. The third-order valence-electron chi connectivity index (χ3n) is 5.31. The summed E-state index contributed by atoms with van der Waals surface area (Å²) < 4.78 is 5.92. The Labute approximate surface area is 196 Å². The lowest BCUT2D eigenvalue weighted by molar-refractivity contribution is 0.310. The Bertz CT molecular complexity index is 1210. The van der Waals surface area contributed by atoms with Crippen LogP contribution in [-0.4, -0.2) is 63.3 Å². The summed E-state index contributed by atoms with van der Waals surface area (Å²) in [4.78, 5) is 18.1. The van der Waals surface area contributed by atoms with Crippen molar-refractivity contribution in [3.05, 3.63) is 65.7 Å². The van der Waals surface area contributed by atoms with Crippen molar-refractivity contribution in [1.29, 1.82) is 0 Å². The van der Waals surface area contributed by atoms with Gasteiger partial charge >= 0.3 is 6.01 Å². The van der Waals surface area contributed by atoms with E-state index in [2.05, 4.69) is 47.3 Å². The molecule has 1 aliphatic rings. The predicted molar refractivity (Wildman–Crippen MR) is 128 cm³/mol. The largest absolute Gasteiger partial charge is 0.424 e. The number of nitrogens with zero attached hydrogens (tertiary/aromatic N) is 6. The molecule has 4 aromatic rings. The monoisotopic (exact) mass is 462 g/mol. The van der Waals surface area contributed by atoms with Crippen molar-refractivity contribution < 1.29 is 4.74 Å². The van der Waals surface area contributed by atoms with Gasteiger partial charge in [0.05, 0.1) is 5.69 Å². The smallest absolute Gasteiger partial charge is 0.328 e. The zero-order valence-electron chi connectivity index (χ0n) is 18.1. The quantitative estimate of drug-likeness (QED) is 0.440. The van der Waals surface area contributed by atoms with E-state index in [0.29, 0.717) is 28.5 Å². The zero-order valence-corrected chi connectivity index (χ0v) is 18.8. The lowest BCUT2D eigenvalue weighted by Gasteiger charge is -2.32. The summed E-state index contributed by atoms with van der Waals surface area (Å²) in [6.45, 7) is 3.53. The Morgan fingerprint density at radius 3 is 2.45 bits per heavy atom. The molecule has 5 rings (SSSR count). The number of aromatic nitrogens is 5. The number of piperazine rings is 1. The number of likely N-dealkylation sites (N-methyl/N-ethyl adjacent to an activating group) is 1. The molecule has 1 fully saturated rings. The van der Waals surface area contributed by atoms with E-state index in [1.165, 1.54) is 0 Å². The predicted octanol–water partition coefficient (Wildman–Crippen LogP) is 4.20. The van der Waals surface area contributed by atoms with Crippen LogP contribution in [0.5, 0.6) is 11.8 Å². The van der Waals surface area contributed by atoms with Crippen LogP contribution in [0.25, 0.3) is 11.3 Å². The summed E-state index contributed by atoms with van der Waals surface area (Å²) in [5.74, 6) is 2.17. The maximum atomic E-state index is 5.99. The standard InChI is InChI=1S/C23H23ClN8O/c1-31-11-13-32(14-12-31)22-26-21(27-23(28-22)33-18-5-3-2-4-6-18)25-20-15-19(29-30-20)16-7-9-17(24)10-8-16/h2-10,15H,11-14H2,1H3,(H2,25,26,27,28,29,30). The van der Waals surface area contributed by atoms with Crippen molar-refractivity contribution in [3.63, 3.8) is 0 Å². The molecule has 9 nitrogen and oxygen atoms in total. The minimum absolute atomic E-state index is 0.223. The molecule has 2 aromatic heterocycles. The van der Waals surface area contributed by atoms with E-state index in [4.69, 9.17) is 16.3 Å². The zero-order chi connectivity index (χ0) is 22.6. The van der Waals surface area contributed by atoms with E-state index in [-0.39, 0.29) is 6.01 Å². The minimum atomic E-state index is 0.223. The molecular weight excluding hydrogens is 440 g/mol. The third kappa shape index (κ3) is 5.21. The Morgan fingerprint density at radius 1 is 0.939 bits per heavy atom. The number of anilines is 3. The number of H-pyrrole nitrogens is 1. The van der Waals surface area contributed by atoms with Gasteiger partial charge in [0.15, 0.2) is 5.82 Å². The van der Waals surface area contributed by atoms with Crippen molar-refractivity contribution in [2.24, 2.45) is 0 Å². The van der Waals surface area contributed by atoms with Crippen molar-refractivity contribution in [2.45, 2.75) is 0 Å². The molecular formula is C23H23ClN8O. The van der Waals surface area contributed by atoms with E-state index < -0.39 is 0 Å². The molecule has 0 bridgehead atoms. The lowest BCUT2D eigenvalue weighted by Crippen LogP contribution is -2.45. The molecule has 0 amide bonds. The summed E-state index contributed by atoms with van der Waals surface area (Å²) in [5.41, 5.74) is 1.82. The lowest BCUT2D eigenvalue weighted by atomic mass is 10.1. The topological polar surface area (TPSA) is 95.1 Å². The highest BCUT2D eigenvalue weighted by Gasteiger charge is 2.19. The fraction of sp³-hybridized carbons (Fsp3) is 0.217. The summed E-state index contributed by atoms with van der Waals surface area (Å²) in [6.07, 6.45) is 0. The van der Waals surface area contributed by atoms with Crippen LogP contribution >= 0.6 is 11.6 Å². The van der Waals surface area contributed by atoms with Gasteiger partial charge in [-0.3, -0.25) is 5.10 Å². The number of halogens is 1. The molecule has 0 radical (unpaired) electrons. The molecule has 0 unspecified atom stereocenters.